The third-order valence-electron chi connectivity index (χ3n) is 6.24. The van der Waals surface area contributed by atoms with Crippen LogP contribution in [0.4, 0.5) is 0 Å². The summed E-state index contributed by atoms with van der Waals surface area (Å²) >= 11 is 0. The number of benzene rings is 1. The Balaban J connectivity index is 1.49. The average molecular weight is 408 g/mol. The number of hydrogen-bond acceptors (Lipinski definition) is 4. The maximum atomic E-state index is 12.6. The van der Waals surface area contributed by atoms with Crippen LogP contribution in [0.1, 0.15) is 44.2 Å². The quantitative estimate of drug-likeness (QED) is 0.751. The molecule has 2 aliphatic heterocycles. The molecule has 1 atom stereocenters. The fourth-order valence-electron chi connectivity index (χ4n) is 4.30. The van der Waals surface area contributed by atoms with Crippen LogP contribution in [0.5, 0.6) is 0 Å². The molecule has 1 unspecified atom stereocenters. The van der Waals surface area contributed by atoms with Crippen molar-refractivity contribution >= 4 is 15.9 Å². The molecule has 2 aliphatic rings. The van der Waals surface area contributed by atoms with Crippen LogP contribution in [0.2, 0.25) is 0 Å². The lowest BCUT2D eigenvalue weighted by atomic mass is 9.96. The number of carbonyl (C=O) groups is 1. The minimum Gasteiger partial charge on any atom is -0.354 e. The molecule has 0 aromatic heterocycles. The number of piperidine rings is 1. The van der Waals surface area contributed by atoms with Gasteiger partial charge in [0.15, 0.2) is 0 Å². The summed E-state index contributed by atoms with van der Waals surface area (Å²) in [6, 6.07) is 8.93. The Hall–Kier alpha value is -1.44. The lowest BCUT2D eigenvalue weighted by Gasteiger charge is -2.36. The summed E-state index contributed by atoms with van der Waals surface area (Å²) in [4.78, 5) is 15.1. The maximum Gasteiger partial charge on any atom is 0.223 e. The molecular weight excluding hydrogens is 374 g/mol. The summed E-state index contributed by atoms with van der Waals surface area (Å²) in [6.07, 6.45) is 3.28. The SMILES string of the molecule is CCC(CNC(=O)C1CCN(S(=O)(=O)CC)CC1)N1CCc2ccccc2C1. The van der Waals surface area contributed by atoms with Crippen molar-refractivity contribution in [1.29, 1.82) is 0 Å². The van der Waals surface area contributed by atoms with Crippen LogP contribution >= 0.6 is 0 Å². The predicted octanol–water partition coefficient (Wildman–Crippen LogP) is 2.00. The standard InChI is InChI=1S/C21H33N3O3S/c1-3-20(23-12-9-17-7-5-6-8-19(17)16-23)15-22-21(25)18-10-13-24(14-11-18)28(26,27)4-2/h5-8,18,20H,3-4,9-16H2,1-2H3,(H,22,25). The van der Waals surface area contributed by atoms with E-state index in [-0.39, 0.29) is 17.6 Å². The molecule has 6 nitrogen and oxygen atoms in total. The first-order valence-corrected chi connectivity index (χ1v) is 12.1. The van der Waals surface area contributed by atoms with E-state index in [9.17, 15) is 13.2 Å². The molecule has 0 radical (unpaired) electrons. The highest BCUT2D eigenvalue weighted by molar-refractivity contribution is 7.89. The molecule has 0 spiro atoms. The Morgan fingerprint density at radius 1 is 1.14 bits per heavy atom. The minimum atomic E-state index is -3.14. The van der Waals surface area contributed by atoms with Gasteiger partial charge in [-0.15, -0.1) is 0 Å². The molecule has 1 amide bonds. The first-order chi connectivity index (χ1) is 13.4. The van der Waals surface area contributed by atoms with Gasteiger partial charge in [-0.3, -0.25) is 9.69 Å². The van der Waals surface area contributed by atoms with E-state index in [1.165, 1.54) is 15.4 Å². The molecule has 1 fully saturated rings. The van der Waals surface area contributed by atoms with E-state index in [1.807, 2.05) is 0 Å². The Morgan fingerprint density at radius 3 is 2.46 bits per heavy atom. The Morgan fingerprint density at radius 2 is 1.82 bits per heavy atom. The van der Waals surface area contributed by atoms with E-state index in [0.717, 1.165) is 25.9 Å². The van der Waals surface area contributed by atoms with Gasteiger partial charge in [0.05, 0.1) is 5.75 Å². The smallest absolute Gasteiger partial charge is 0.223 e. The second-order valence-electron chi connectivity index (χ2n) is 7.87. The van der Waals surface area contributed by atoms with E-state index in [1.54, 1.807) is 6.92 Å². The van der Waals surface area contributed by atoms with Gasteiger partial charge in [0, 0.05) is 44.7 Å². The molecule has 28 heavy (non-hydrogen) atoms. The monoisotopic (exact) mass is 407 g/mol. The van der Waals surface area contributed by atoms with Crippen LogP contribution in [-0.2, 0) is 27.8 Å². The zero-order valence-electron chi connectivity index (χ0n) is 17.1. The number of fused-ring (bicyclic) bond motifs is 1. The fraction of sp³-hybridized carbons (Fsp3) is 0.667. The number of nitrogens with one attached hydrogen (secondary N) is 1. The molecule has 0 aliphatic carbocycles. The summed E-state index contributed by atoms with van der Waals surface area (Å²) in [7, 11) is -3.14. The fourth-order valence-corrected chi connectivity index (χ4v) is 5.43. The van der Waals surface area contributed by atoms with Crippen molar-refractivity contribution in [3.05, 3.63) is 35.4 Å². The van der Waals surface area contributed by atoms with Crippen molar-refractivity contribution in [2.24, 2.45) is 5.92 Å². The molecule has 156 valence electrons. The summed E-state index contributed by atoms with van der Waals surface area (Å²) in [5, 5.41) is 3.14. The predicted molar refractivity (Wildman–Crippen MR) is 111 cm³/mol. The van der Waals surface area contributed by atoms with Crippen LogP contribution in [0.25, 0.3) is 0 Å². The summed E-state index contributed by atoms with van der Waals surface area (Å²) < 4.78 is 25.5. The number of amides is 1. The Kier molecular flexibility index (Phi) is 7.12. The molecule has 0 saturated carbocycles. The summed E-state index contributed by atoms with van der Waals surface area (Å²) in [6.45, 7) is 7.37. The van der Waals surface area contributed by atoms with Crippen molar-refractivity contribution in [2.45, 2.75) is 52.1 Å². The second kappa shape index (κ2) is 9.37. The highest BCUT2D eigenvalue weighted by atomic mass is 32.2. The third-order valence-corrected chi connectivity index (χ3v) is 8.12. The molecule has 1 aromatic carbocycles. The Bertz CT molecular complexity index is 773. The van der Waals surface area contributed by atoms with Crippen molar-refractivity contribution < 1.29 is 13.2 Å². The molecule has 1 aromatic rings. The summed E-state index contributed by atoms with van der Waals surface area (Å²) in [5.74, 6) is 0.119. The zero-order chi connectivity index (χ0) is 20.1. The van der Waals surface area contributed by atoms with Crippen molar-refractivity contribution in [2.75, 3.05) is 31.9 Å². The van der Waals surface area contributed by atoms with Crippen LogP contribution in [0.3, 0.4) is 0 Å². The lowest BCUT2D eigenvalue weighted by Crippen LogP contribution is -2.48. The largest absolute Gasteiger partial charge is 0.354 e. The number of sulfonamides is 1. The molecule has 3 rings (SSSR count). The normalized spacial score (nSPS) is 20.5. The highest BCUT2D eigenvalue weighted by Gasteiger charge is 2.30. The maximum absolute atomic E-state index is 12.6. The van der Waals surface area contributed by atoms with Gasteiger partial charge in [-0.1, -0.05) is 31.2 Å². The molecule has 7 heteroatoms. The third kappa shape index (κ3) is 4.93. The number of carbonyl (C=O) groups excluding carboxylic acids is 1. The van der Waals surface area contributed by atoms with Gasteiger partial charge in [0.25, 0.3) is 0 Å². The van der Waals surface area contributed by atoms with Crippen LogP contribution in [0, 0.1) is 5.92 Å². The van der Waals surface area contributed by atoms with E-state index < -0.39 is 10.0 Å². The zero-order valence-corrected chi connectivity index (χ0v) is 17.9. The number of nitrogens with zero attached hydrogens (tertiary/aromatic N) is 2. The highest BCUT2D eigenvalue weighted by Crippen LogP contribution is 2.22. The van der Waals surface area contributed by atoms with Gasteiger partial charge >= 0.3 is 0 Å². The minimum absolute atomic E-state index is 0.0735. The second-order valence-corrected chi connectivity index (χ2v) is 10.1. The summed E-state index contributed by atoms with van der Waals surface area (Å²) in [5.41, 5.74) is 2.83. The molecule has 1 N–H and O–H groups in total. The van der Waals surface area contributed by atoms with Gasteiger partial charge in [-0.05, 0) is 43.7 Å². The van der Waals surface area contributed by atoms with Gasteiger partial charge in [-0.25, -0.2) is 12.7 Å². The van der Waals surface area contributed by atoms with E-state index in [2.05, 4.69) is 41.4 Å². The van der Waals surface area contributed by atoms with Gasteiger partial charge in [0.2, 0.25) is 15.9 Å². The van der Waals surface area contributed by atoms with Crippen LogP contribution in [0.15, 0.2) is 24.3 Å². The molecule has 0 bridgehead atoms. The van der Waals surface area contributed by atoms with Crippen molar-refractivity contribution in [3.63, 3.8) is 0 Å². The van der Waals surface area contributed by atoms with Gasteiger partial charge < -0.3 is 5.32 Å². The van der Waals surface area contributed by atoms with Crippen LogP contribution < -0.4 is 5.32 Å². The first kappa shape index (κ1) is 21.3. The molecule has 1 saturated heterocycles. The Labute approximate surface area is 169 Å². The van der Waals surface area contributed by atoms with Crippen molar-refractivity contribution in [3.8, 4) is 0 Å². The number of hydrogen-bond donors (Lipinski definition) is 1. The number of rotatable bonds is 7. The van der Waals surface area contributed by atoms with E-state index >= 15 is 0 Å². The topological polar surface area (TPSA) is 69.7 Å². The van der Waals surface area contributed by atoms with E-state index in [4.69, 9.17) is 0 Å². The van der Waals surface area contributed by atoms with Gasteiger partial charge in [0.1, 0.15) is 0 Å². The lowest BCUT2D eigenvalue weighted by molar-refractivity contribution is -0.126. The first-order valence-electron chi connectivity index (χ1n) is 10.5. The van der Waals surface area contributed by atoms with Crippen LogP contribution in [-0.4, -0.2) is 61.5 Å². The van der Waals surface area contributed by atoms with E-state index in [0.29, 0.717) is 38.5 Å². The van der Waals surface area contributed by atoms with Crippen molar-refractivity contribution in [1.82, 2.24) is 14.5 Å². The van der Waals surface area contributed by atoms with Gasteiger partial charge in [-0.2, -0.15) is 0 Å². The molecule has 2 heterocycles. The average Bonchev–Trinajstić information content (AvgIpc) is 2.74. The molecular formula is C21H33N3O3S.